The van der Waals surface area contributed by atoms with Gasteiger partial charge in [0.05, 0.1) is 5.56 Å². The Balaban J connectivity index is 2.38. The lowest BCUT2D eigenvalue weighted by molar-refractivity contribution is 0.0966. The van der Waals surface area contributed by atoms with Gasteiger partial charge in [0.1, 0.15) is 0 Å². The van der Waals surface area contributed by atoms with Gasteiger partial charge in [0.25, 0.3) is 5.56 Å². The van der Waals surface area contributed by atoms with E-state index in [-0.39, 0.29) is 17.3 Å². The first-order valence-electron chi connectivity index (χ1n) is 4.01. The molecule has 3 nitrogen and oxygen atoms in total. The van der Waals surface area contributed by atoms with Gasteiger partial charge in [-0.05, 0) is 25.0 Å². The number of nitrogens with one attached hydrogen (secondary N) is 1. The highest BCUT2D eigenvalue weighted by atomic mass is 16.1. The largest absolute Gasteiger partial charge is 0.328 e. The molecule has 0 bridgehead atoms. The monoisotopic (exact) mass is 163 g/mol. The van der Waals surface area contributed by atoms with Crippen molar-refractivity contribution in [2.24, 2.45) is 5.92 Å². The molecule has 62 valence electrons. The molecule has 0 aliphatic heterocycles. The maximum absolute atomic E-state index is 11.4. The van der Waals surface area contributed by atoms with Gasteiger partial charge < -0.3 is 4.98 Å². The molecule has 0 aromatic carbocycles. The van der Waals surface area contributed by atoms with Crippen LogP contribution in [0.2, 0.25) is 0 Å². The zero-order chi connectivity index (χ0) is 8.55. The molecule has 0 atom stereocenters. The van der Waals surface area contributed by atoms with Crippen LogP contribution in [0.15, 0.2) is 23.1 Å². The summed E-state index contributed by atoms with van der Waals surface area (Å²) in [6.45, 7) is 0. The van der Waals surface area contributed by atoms with Crippen molar-refractivity contribution in [3.8, 4) is 0 Å². The topological polar surface area (TPSA) is 49.9 Å². The standard InChI is InChI=1S/C9H9NO2/c11-8(6-3-4-6)7-2-1-5-10-9(7)12/h1-2,5-6H,3-4H2,(H,10,12). The van der Waals surface area contributed by atoms with E-state index in [1.54, 1.807) is 12.1 Å². The number of carbonyl (C=O) groups excluding carboxylic acids is 1. The maximum atomic E-state index is 11.4. The van der Waals surface area contributed by atoms with Gasteiger partial charge in [0.15, 0.2) is 5.78 Å². The average molecular weight is 163 g/mol. The second kappa shape index (κ2) is 2.59. The summed E-state index contributed by atoms with van der Waals surface area (Å²) in [4.78, 5) is 25.0. The lowest BCUT2D eigenvalue weighted by Crippen LogP contribution is -2.17. The fraction of sp³-hybridized carbons (Fsp3) is 0.333. The number of Topliss-reactive ketones (excluding diaryl/α,β-unsaturated/α-hetero) is 1. The first kappa shape index (κ1) is 7.28. The lowest BCUT2D eigenvalue weighted by atomic mass is 10.1. The molecule has 0 amide bonds. The first-order chi connectivity index (χ1) is 5.79. The van der Waals surface area contributed by atoms with Crippen LogP contribution in [0.3, 0.4) is 0 Å². The zero-order valence-corrected chi connectivity index (χ0v) is 6.54. The normalized spacial score (nSPS) is 16.0. The molecule has 2 rings (SSSR count). The van der Waals surface area contributed by atoms with Crippen LogP contribution >= 0.6 is 0 Å². The molecular weight excluding hydrogens is 154 g/mol. The van der Waals surface area contributed by atoms with Crippen LogP contribution in [0, 0.1) is 5.92 Å². The molecule has 1 fully saturated rings. The van der Waals surface area contributed by atoms with E-state index in [4.69, 9.17) is 0 Å². The van der Waals surface area contributed by atoms with Crippen molar-refractivity contribution in [1.29, 1.82) is 0 Å². The highest BCUT2D eigenvalue weighted by Gasteiger charge is 2.31. The van der Waals surface area contributed by atoms with Gasteiger partial charge in [0.2, 0.25) is 0 Å². The SMILES string of the molecule is O=C(c1ccc[nH]c1=O)C1CC1. The lowest BCUT2D eigenvalue weighted by Gasteiger charge is -1.94. The van der Waals surface area contributed by atoms with Crippen LogP contribution in [-0.2, 0) is 0 Å². The third kappa shape index (κ3) is 1.18. The van der Waals surface area contributed by atoms with Crippen molar-refractivity contribution in [1.82, 2.24) is 4.98 Å². The molecule has 1 aromatic rings. The van der Waals surface area contributed by atoms with Crippen molar-refractivity contribution in [3.63, 3.8) is 0 Å². The summed E-state index contributed by atoms with van der Waals surface area (Å²) in [5.74, 6) is 0.116. The minimum atomic E-state index is -0.269. The van der Waals surface area contributed by atoms with Gasteiger partial charge >= 0.3 is 0 Å². The fourth-order valence-electron chi connectivity index (χ4n) is 1.18. The minimum Gasteiger partial charge on any atom is -0.328 e. The number of aromatic amines is 1. The third-order valence-corrected chi connectivity index (χ3v) is 2.03. The number of rotatable bonds is 2. The molecule has 3 heteroatoms. The maximum Gasteiger partial charge on any atom is 0.258 e. The predicted octanol–water partition coefficient (Wildman–Crippen LogP) is 0.968. The molecule has 12 heavy (non-hydrogen) atoms. The Morgan fingerprint density at radius 1 is 1.50 bits per heavy atom. The van der Waals surface area contributed by atoms with Crippen molar-refractivity contribution >= 4 is 5.78 Å². The molecule has 1 saturated carbocycles. The molecule has 0 spiro atoms. The summed E-state index contributed by atoms with van der Waals surface area (Å²) in [6.07, 6.45) is 3.41. The molecular formula is C9H9NO2. The van der Waals surface area contributed by atoms with Crippen LogP contribution in [0.5, 0.6) is 0 Å². The van der Waals surface area contributed by atoms with Gasteiger partial charge in [-0.1, -0.05) is 0 Å². The summed E-state index contributed by atoms with van der Waals surface area (Å²) in [6, 6.07) is 3.26. The Morgan fingerprint density at radius 2 is 2.25 bits per heavy atom. The van der Waals surface area contributed by atoms with Crippen molar-refractivity contribution in [2.45, 2.75) is 12.8 Å². The van der Waals surface area contributed by atoms with Crippen LogP contribution < -0.4 is 5.56 Å². The summed E-state index contributed by atoms with van der Waals surface area (Å²) in [7, 11) is 0. The van der Waals surface area contributed by atoms with Crippen molar-refractivity contribution < 1.29 is 4.79 Å². The number of carbonyl (C=O) groups is 1. The van der Waals surface area contributed by atoms with E-state index >= 15 is 0 Å². The minimum absolute atomic E-state index is 0.00292. The van der Waals surface area contributed by atoms with Crippen LogP contribution in [0.1, 0.15) is 23.2 Å². The highest BCUT2D eigenvalue weighted by molar-refractivity contribution is 5.98. The number of H-pyrrole nitrogens is 1. The number of hydrogen-bond acceptors (Lipinski definition) is 2. The van der Waals surface area contributed by atoms with Gasteiger partial charge in [0, 0.05) is 12.1 Å². The summed E-state index contributed by atoms with van der Waals surface area (Å²) in [5.41, 5.74) is 0.0365. The van der Waals surface area contributed by atoms with Crippen LogP contribution in [0.4, 0.5) is 0 Å². The van der Waals surface area contributed by atoms with E-state index in [1.165, 1.54) is 6.20 Å². The van der Waals surface area contributed by atoms with Gasteiger partial charge in [-0.15, -0.1) is 0 Å². The van der Waals surface area contributed by atoms with Gasteiger partial charge in [-0.2, -0.15) is 0 Å². The Hall–Kier alpha value is -1.38. The van der Waals surface area contributed by atoms with E-state index in [0.717, 1.165) is 12.8 Å². The summed E-state index contributed by atoms with van der Waals surface area (Å²) < 4.78 is 0. The molecule has 1 aliphatic rings. The quantitative estimate of drug-likeness (QED) is 0.660. The summed E-state index contributed by atoms with van der Waals surface area (Å²) >= 11 is 0. The molecule has 1 aromatic heterocycles. The van der Waals surface area contributed by atoms with Crippen LogP contribution in [0.25, 0.3) is 0 Å². The molecule has 0 unspecified atom stereocenters. The second-order valence-electron chi connectivity index (χ2n) is 3.05. The Kier molecular flexibility index (Phi) is 1.57. The number of pyridine rings is 1. The third-order valence-electron chi connectivity index (χ3n) is 2.03. The highest BCUT2D eigenvalue weighted by Crippen LogP contribution is 2.31. The van der Waals surface area contributed by atoms with Crippen molar-refractivity contribution in [3.05, 3.63) is 34.2 Å². The van der Waals surface area contributed by atoms with E-state index < -0.39 is 0 Å². The Morgan fingerprint density at radius 3 is 2.83 bits per heavy atom. The van der Waals surface area contributed by atoms with E-state index in [0.29, 0.717) is 5.56 Å². The molecule has 0 radical (unpaired) electrons. The summed E-state index contributed by atoms with van der Waals surface area (Å²) in [5, 5.41) is 0. The molecule has 1 aliphatic carbocycles. The van der Waals surface area contributed by atoms with Gasteiger partial charge in [-0.25, -0.2) is 0 Å². The zero-order valence-electron chi connectivity index (χ0n) is 6.54. The number of ketones is 1. The Labute approximate surface area is 69.4 Å². The number of aromatic nitrogens is 1. The average Bonchev–Trinajstić information content (AvgIpc) is 2.86. The molecule has 0 saturated heterocycles. The number of hydrogen-bond donors (Lipinski definition) is 1. The predicted molar refractivity (Wildman–Crippen MR) is 44.1 cm³/mol. The van der Waals surface area contributed by atoms with Crippen LogP contribution in [-0.4, -0.2) is 10.8 Å². The fourth-order valence-corrected chi connectivity index (χ4v) is 1.18. The first-order valence-corrected chi connectivity index (χ1v) is 4.01. The molecule has 1 heterocycles. The van der Waals surface area contributed by atoms with Crippen molar-refractivity contribution in [2.75, 3.05) is 0 Å². The smallest absolute Gasteiger partial charge is 0.258 e. The van der Waals surface area contributed by atoms with E-state index in [1.807, 2.05) is 0 Å². The van der Waals surface area contributed by atoms with E-state index in [9.17, 15) is 9.59 Å². The van der Waals surface area contributed by atoms with Gasteiger partial charge in [-0.3, -0.25) is 9.59 Å². The molecule has 1 N–H and O–H groups in total. The van der Waals surface area contributed by atoms with E-state index in [2.05, 4.69) is 4.98 Å². The Bertz CT molecular complexity index is 363. The second-order valence-corrected chi connectivity index (χ2v) is 3.05.